The zero-order chi connectivity index (χ0) is 17.7. The molecule has 0 saturated heterocycles. The molecule has 1 rings (SSSR count). The van der Waals surface area contributed by atoms with E-state index in [0.29, 0.717) is 0 Å². The fourth-order valence-electron chi connectivity index (χ4n) is 1.53. The molecule has 0 aromatic heterocycles. The van der Waals surface area contributed by atoms with Crippen LogP contribution in [0.5, 0.6) is 5.75 Å². The van der Waals surface area contributed by atoms with Gasteiger partial charge in [-0.15, -0.1) is 0 Å². The smallest absolute Gasteiger partial charge is 0.414 e. The topological polar surface area (TPSA) is 95.9 Å². The van der Waals surface area contributed by atoms with Gasteiger partial charge in [-0.25, -0.2) is 9.59 Å². The zero-order valence-corrected chi connectivity index (χ0v) is 15.1. The Labute approximate surface area is 145 Å². The number of carboxylic acid groups (broad SMARTS) is 2. The van der Waals surface area contributed by atoms with E-state index in [1.807, 2.05) is 6.07 Å². The highest BCUT2D eigenvalue weighted by atomic mass is 79.9. The lowest BCUT2D eigenvalue weighted by molar-refractivity contribution is -0.159. The SMILES string of the molecule is CCCCNCCCOc1ccc(C)cc1Br.O=C(O)C(=O)O. The van der Waals surface area contributed by atoms with Crippen molar-refractivity contribution >= 4 is 27.9 Å². The molecule has 0 spiro atoms. The number of benzene rings is 1. The molecule has 3 N–H and O–H groups in total. The molecule has 7 heteroatoms. The highest BCUT2D eigenvalue weighted by Gasteiger charge is 2.04. The number of aryl methyl sites for hydroxylation is 1. The van der Waals surface area contributed by atoms with Gasteiger partial charge >= 0.3 is 11.9 Å². The van der Waals surface area contributed by atoms with Crippen LogP contribution in [-0.4, -0.2) is 41.8 Å². The van der Waals surface area contributed by atoms with Crippen LogP contribution in [0.15, 0.2) is 22.7 Å². The first-order chi connectivity index (χ1) is 10.9. The normalized spacial score (nSPS) is 9.70. The minimum Gasteiger partial charge on any atom is -0.492 e. The number of hydrogen-bond acceptors (Lipinski definition) is 4. The Morgan fingerprint density at radius 3 is 2.30 bits per heavy atom. The van der Waals surface area contributed by atoms with Gasteiger partial charge < -0.3 is 20.3 Å². The molecule has 130 valence electrons. The molecule has 23 heavy (non-hydrogen) atoms. The third-order valence-electron chi connectivity index (χ3n) is 2.73. The van der Waals surface area contributed by atoms with Crippen LogP contribution in [0.25, 0.3) is 0 Å². The first kappa shape index (κ1) is 21.4. The highest BCUT2D eigenvalue weighted by Crippen LogP contribution is 2.25. The van der Waals surface area contributed by atoms with E-state index in [1.54, 1.807) is 0 Å². The lowest BCUT2D eigenvalue weighted by atomic mass is 10.2. The molecule has 0 unspecified atom stereocenters. The molecule has 0 aliphatic heterocycles. The van der Waals surface area contributed by atoms with Gasteiger partial charge in [0.15, 0.2) is 0 Å². The van der Waals surface area contributed by atoms with Crippen molar-refractivity contribution in [1.29, 1.82) is 0 Å². The van der Waals surface area contributed by atoms with Crippen molar-refractivity contribution in [1.82, 2.24) is 5.32 Å². The van der Waals surface area contributed by atoms with E-state index in [-0.39, 0.29) is 0 Å². The van der Waals surface area contributed by atoms with E-state index in [4.69, 9.17) is 24.5 Å². The predicted molar refractivity (Wildman–Crippen MR) is 92.0 cm³/mol. The predicted octanol–water partition coefficient (Wildman–Crippen LogP) is 3.07. The Morgan fingerprint density at radius 2 is 1.78 bits per heavy atom. The lowest BCUT2D eigenvalue weighted by Gasteiger charge is -2.09. The van der Waals surface area contributed by atoms with Gasteiger partial charge in [0, 0.05) is 0 Å². The number of unbranched alkanes of at least 4 members (excludes halogenated alkanes) is 1. The number of carboxylic acids is 2. The van der Waals surface area contributed by atoms with Crippen molar-refractivity contribution < 1.29 is 24.5 Å². The summed E-state index contributed by atoms with van der Waals surface area (Å²) in [5.74, 6) is -2.71. The summed E-state index contributed by atoms with van der Waals surface area (Å²) in [5, 5.41) is 18.2. The number of rotatable bonds is 8. The van der Waals surface area contributed by atoms with Gasteiger partial charge in [-0.2, -0.15) is 0 Å². The van der Waals surface area contributed by atoms with Crippen molar-refractivity contribution in [2.45, 2.75) is 33.1 Å². The minimum atomic E-state index is -1.82. The fourth-order valence-corrected chi connectivity index (χ4v) is 2.14. The van der Waals surface area contributed by atoms with Crippen molar-refractivity contribution in [2.75, 3.05) is 19.7 Å². The maximum absolute atomic E-state index is 9.10. The van der Waals surface area contributed by atoms with E-state index >= 15 is 0 Å². The molecule has 0 bridgehead atoms. The van der Waals surface area contributed by atoms with Crippen LogP contribution in [-0.2, 0) is 9.59 Å². The zero-order valence-electron chi connectivity index (χ0n) is 13.5. The Bertz CT molecular complexity index is 481. The van der Waals surface area contributed by atoms with Gasteiger partial charge in [0.25, 0.3) is 0 Å². The molecule has 6 nitrogen and oxygen atoms in total. The summed E-state index contributed by atoms with van der Waals surface area (Å²) in [7, 11) is 0. The van der Waals surface area contributed by atoms with Crippen LogP contribution < -0.4 is 10.1 Å². The molecule has 0 aliphatic carbocycles. The third kappa shape index (κ3) is 11.6. The molecule has 0 heterocycles. The van der Waals surface area contributed by atoms with Crippen LogP contribution >= 0.6 is 15.9 Å². The third-order valence-corrected chi connectivity index (χ3v) is 3.35. The Hall–Kier alpha value is -1.60. The summed E-state index contributed by atoms with van der Waals surface area (Å²) in [6, 6.07) is 6.17. The van der Waals surface area contributed by atoms with Crippen LogP contribution in [0.1, 0.15) is 31.7 Å². The van der Waals surface area contributed by atoms with E-state index in [2.05, 4.69) is 47.2 Å². The summed E-state index contributed by atoms with van der Waals surface area (Å²) in [6.07, 6.45) is 3.55. The van der Waals surface area contributed by atoms with Gasteiger partial charge in [0.1, 0.15) is 5.75 Å². The fraction of sp³-hybridized carbons (Fsp3) is 0.500. The Morgan fingerprint density at radius 1 is 1.17 bits per heavy atom. The molecule has 1 aromatic rings. The molecule has 0 atom stereocenters. The lowest BCUT2D eigenvalue weighted by Crippen LogP contribution is -2.18. The van der Waals surface area contributed by atoms with Gasteiger partial charge in [-0.1, -0.05) is 19.4 Å². The number of hydrogen-bond donors (Lipinski definition) is 3. The van der Waals surface area contributed by atoms with Crippen LogP contribution in [0.4, 0.5) is 0 Å². The van der Waals surface area contributed by atoms with Gasteiger partial charge in [-0.05, 0) is 66.5 Å². The molecular weight excluding hydrogens is 366 g/mol. The summed E-state index contributed by atoms with van der Waals surface area (Å²) in [5.41, 5.74) is 1.24. The Balaban J connectivity index is 0.000000688. The van der Waals surface area contributed by atoms with Crippen molar-refractivity contribution in [3.63, 3.8) is 0 Å². The average molecular weight is 390 g/mol. The summed E-state index contributed by atoms with van der Waals surface area (Å²) in [6.45, 7) is 7.20. The molecular formula is C16H24BrNO5. The van der Waals surface area contributed by atoms with E-state index in [1.165, 1.54) is 18.4 Å². The Kier molecular flexibility index (Phi) is 12.0. The quantitative estimate of drug-likeness (QED) is 0.467. The van der Waals surface area contributed by atoms with Crippen LogP contribution in [0.3, 0.4) is 0 Å². The van der Waals surface area contributed by atoms with Crippen LogP contribution in [0, 0.1) is 6.92 Å². The number of ether oxygens (including phenoxy) is 1. The van der Waals surface area contributed by atoms with Crippen molar-refractivity contribution in [2.24, 2.45) is 0 Å². The second kappa shape index (κ2) is 12.9. The van der Waals surface area contributed by atoms with Crippen molar-refractivity contribution in [3.8, 4) is 5.75 Å². The van der Waals surface area contributed by atoms with Gasteiger partial charge in [0.2, 0.25) is 0 Å². The summed E-state index contributed by atoms with van der Waals surface area (Å²) in [4.78, 5) is 18.2. The van der Waals surface area contributed by atoms with Gasteiger partial charge in [-0.3, -0.25) is 0 Å². The number of halogens is 1. The van der Waals surface area contributed by atoms with Crippen molar-refractivity contribution in [3.05, 3.63) is 28.2 Å². The number of carbonyl (C=O) groups is 2. The maximum atomic E-state index is 9.10. The van der Waals surface area contributed by atoms with E-state index < -0.39 is 11.9 Å². The minimum absolute atomic E-state index is 0.765. The number of nitrogens with one attached hydrogen (secondary N) is 1. The summed E-state index contributed by atoms with van der Waals surface area (Å²) < 4.78 is 6.75. The monoisotopic (exact) mass is 389 g/mol. The highest BCUT2D eigenvalue weighted by molar-refractivity contribution is 9.10. The standard InChI is InChI=1S/C14H22BrNO.C2H2O4/c1-3-4-8-16-9-5-10-17-14-7-6-12(2)11-13(14)15;3-1(4)2(5)6/h6-7,11,16H,3-5,8-10H2,1-2H3;(H,3,4)(H,5,6). The second-order valence-corrected chi connectivity index (χ2v) is 5.70. The molecule has 0 fully saturated rings. The van der Waals surface area contributed by atoms with E-state index in [0.717, 1.165) is 36.3 Å². The second-order valence-electron chi connectivity index (χ2n) is 4.85. The molecule has 1 aromatic carbocycles. The van der Waals surface area contributed by atoms with E-state index in [9.17, 15) is 0 Å². The first-order valence-corrected chi connectivity index (χ1v) is 8.23. The number of aliphatic carboxylic acids is 2. The van der Waals surface area contributed by atoms with Crippen LogP contribution in [0.2, 0.25) is 0 Å². The average Bonchev–Trinajstić information content (AvgIpc) is 2.48. The molecule has 0 radical (unpaired) electrons. The largest absolute Gasteiger partial charge is 0.492 e. The molecule has 0 amide bonds. The maximum Gasteiger partial charge on any atom is 0.414 e. The summed E-state index contributed by atoms with van der Waals surface area (Å²) >= 11 is 3.51. The molecule has 0 saturated carbocycles. The first-order valence-electron chi connectivity index (χ1n) is 7.44. The van der Waals surface area contributed by atoms with Gasteiger partial charge in [0.05, 0.1) is 11.1 Å². The molecule has 0 aliphatic rings.